The van der Waals surface area contributed by atoms with Gasteiger partial charge in [-0.05, 0) is 36.8 Å². The Bertz CT molecular complexity index is 758. The van der Waals surface area contributed by atoms with E-state index in [1.54, 1.807) is 12.4 Å². The Labute approximate surface area is 140 Å². The molecule has 2 aromatic rings. The van der Waals surface area contributed by atoms with Crippen LogP contribution in [0, 0.1) is 0 Å². The number of anilines is 1. The number of aromatic nitrogens is 2. The molecule has 1 aromatic heterocycles. The third kappa shape index (κ3) is 2.73. The number of nitrogens with zero attached hydrogens (tertiary/aromatic N) is 2. The van der Waals surface area contributed by atoms with Gasteiger partial charge in [0.15, 0.2) is 0 Å². The van der Waals surface area contributed by atoms with E-state index in [2.05, 4.69) is 20.6 Å². The molecule has 0 aliphatic heterocycles. The molecule has 0 bridgehead atoms. The second-order valence-corrected chi connectivity index (χ2v) is 6.58. The summed E-state index contributed by atoms with van der Waals surface area (Å²) in [6, 6.07) is 7.55. The number of aliphatic hydroxyl groups excluding tert-OH is 1. The van der Waals surface area contributed by atoms with Crippen LogP contribution in [0.5, 0.6) is 0 Å². The van der Waals surface area contributed by atoms with E-state index in [0.717, 1.165) is 30.7 Å². The van der Waals surface area contributed by atoms with Crippen LogP contribution in [0.4, 0.5) is 10.5 Å². The molecular formula is C18H20N4O2. The first-order valence-corrected chi connectivity index (χ1v) is 8.30. The monoisotopic (exact) mass is 324 g/mol. The van der Waals surface area contributed by atoms with Crippen molar-refractivity contribution in [3.05, 3.63) is 53.6 Å². The van der Waals surface area contributed by atoms with Gasteiger partial charge in [-0.1, -0.05) is 24.3 Å². The lowest BCUT2D eigenvalue weighted by molar-refractivity contribution is 0.164. The maximum Gasteiger partial charge on any atom is 0.320 e. The van der Waals surface area contributed by atoms with Crippen LogP contribution in [0.1, 0.15) is 42.1 Å². The average Bonchev–Trinajstić information content (AvgIpc) is 3.39. The van der Waals surface area contributed by atoms with Gasteiger partial charge in [0, 0.05) is 5.92 Å². The zero-order valence-electron chi connectivity index (χ0n) is 13.3. The predicted octanol–water partition coefficient (Wildman–Crippen LogP) is 2.31. The van der Waals surface area contributed by atoms with Gasteiger partial charge in [-0.2, -0.15) is 0 Å². The Morgan fingerprint density at radius 1 is 1.25 bits per heavy atom. The number of carbonyl (C=O) groups is 1. The minimum Gasteiger partial charge on any atom is -0.394 e. The molecule has 2 amide bonds. The molecule has 3 N–H and O–H groups in total. The van der Waals surface area contributed by atoms with E-state index in [0.29, 0.717) is 18.0 Å². The fourth-order valence-electron chi connectivity index (χ4n) is 3.36. The number of aliphatic hydroxyl groups is 1. The van der Waals surface area contributed by atoms with Crippen LogP contribution < -0.4 is 10.6 Å². The topological polar surface area (TPSA) is 87.1 Å². The SMILES string of the molecule is O=C(Nc1cnc(C2CC2)nc1)NC1(CO)CCc2ccccc21. The number of hydrogen-bond donors (Lipinski definition) is 3. The number of nitrogens with one attached hydrogen (secondary N) is 2. The molecule has 6 nitrogen and oxygen atoms in total. The van der Waals surface area contributed by atoms with Crippen molar-refractivity contribution in [2.45, 2.75) is 37.1 Å². The second kappa shape index (κ2) is 5.87. The van der Waals surface area contributed by atoms with Gasteiger partial charge < -0.3 is 15.7 Å². The van der Waals surface area contributed by atoms with E-state index in [-0.39, 0.29) is 12.6 Å². The van der Waals surface area contributed by atoms with E-state index in [4.69, 9.17) is 0 Å². The fraction of sp³-hybridized carbons (Fsp3) is 0.389. The normalized spacial score (nSPS) is 22.0. The minimum absolute atomic E-state index is 0.130. The van der Waals surface area contributed by atoms with Gasteiger partial charge in [0.1, 0.15) is 5.82 Å². The standard InChI is InChI=1S/C18H20N4O2/c23-11-18(8-7-12-3-1-2-4-15(12)18)22-17(24)21-14-9-19-16(20-10-14)13-5-6-13/h1-4,9-10,13,23H,5-8,11H2,(H2,21,22,24). The van der Waals surface area contributed by atoms with Gasteiger partial charge in [-0.25, -0.2) is 14.8 Å². The van der Waals surface area contributed by atoms with Gasteiger partial charge in [0.25, 0.3) is 0 Å². The summed E-state index contributed by atoms with van der Waals surface area (Å²) in [6.07, 6.45) is 7.09. The van der Waals surface area contributed by atoms with Crippen LogP contribution in [0.3, 0.4) is 0 Å². The second-order valence-electron chi connectivity index (χ2n) is 6.58. The zero-order chi connectivity index (χ0) is 16.6. The average molecular weight is 324 g/mol. The van der Waals surface area contributed by atoms with Gasteiger partial charge in [-0.15, -0.1) is 0 Å². The van der Waals surface area contributed by atoms with E-state index >= 15 is 0 Å². The highest BCUT2D eigenvalue weighted by atomic mass is 16.3. The molecule has 1 unspecified atom stereocenters. The molecule has 1 fully saturated rings. The molecule has 4 rings (SSSR count). The number of rotatable bonds is 4. The highest BCUT2D eigenvalue weighted by molar-refractivity contribution is 5.89. The Kier molecular flexibility index (Phi) is 3.69. The van der Waals surface area contributed by atoms with Crippen molar-refractivity contribution in [2.24, 2.45) is 0 Å². The smallest absolute Gasteiger partial charge is 0.320 e. The lowest BCUT2D eigenvalue weighted by atomic mass is 9.93. The zero-order valence-corrected chi connectivity index (χ0v) is 13.3. The van der Waals surface area contributed by atoms with E-state index < -0.39 is 5.54 Å². The van der Waals surface area contributed by atoms with Crippen LogP contribution in [0.2, 0.25) is 0 Å². The van der Waals surface area contributed by atoms with Crippen molar-refractivity contribution < 1.29 is 9.90 Å². The van der Waals surface area contributed by atoms with E-state index in [9.17, 15) is 9.90 Å². The van der Waals surface area contributed by atoms with Crippen molar-refractivity contribution in [2.75, 3.05) is 11.9 Å². The van der Waals surface area contributed by atoms with Crippen molar-refractivity contribution in [3.8, 4) is 0 Å². The highest BCUT2D eigenvalue weighted by Gasteiger charge is 2.39. The first-order valence-electron chi connectivity index (χ1n) is 8.30. The maximum atomic E-state index is 12.4. The van der Waals surface area contributed by atoms with Crippen molar-refractivity contribution in [1.82, 2.24) is 15.3 Å². The fourth-order valence-corrected chi connectivity index (χ4v) is 3.36. The molecule has 0 spiro atoms. The number of hydrogen-bond acceptors (Lipinski definition) is 4. The van der Waals surface area contributed by atoms with Crippen LogP contribution in [-0.4, -0.2) is 27.7 Å². The largest absolute Gasteiger partial charge is 0.394 e. The molecule has 1 heterocycles. The van der Waals surface area contributed by atoms with Crippen LogP contribution in [-0.2, 0) is 12.0 Å². The summed E-state index contributed by atoms with van der Waals surface area (Å²) in [5.41, 5.74) is 1.98. The summed E-state index contributed by atoms with van der Waals surface area (Å²) in [5, 5.41) is 15.6. The summed E-state index contributed by atoms with van der Waals surface area (Å²) >= 11 is 0. The number of fused-ring (bicyclic) bond motifs is 1. The number of aryl methyl sites for hydroxylation is 1. The van der Waals surface area contributed by atoms with Crippen molar-refractivity contribution in [1.29, 1.82) is 0 Å². The Balaban J connectivity index is 1.46. The molecule has 6 heteroatoms. The van der Waals surface area contributed by atoms with Gasteiger partial charge >= 0.3 is 6.03 Å². The third-order valence-electron chi connectivity index (χ3n) is 4.85. The molecule has 1 aromatic carbocycles. The molecule has 1 saturated carbocycles. The molecule has 1 atom stereocenters. The lowest BCUT2D eigenvalue weighted by Crippen LogP contribution is -2.48. The summed E-state index contributed by atoms with van der Waals surface area (Å²) in [7, 11) is 0. The summed E-state index contributed by atoms with van der Waals surface area (Å²) in [4.78, 5) is 21.0. The predicted molar refractivity (Wildman–Crippen MR) is 89.7 cm³/mol. The molecule has 124 valence electrons. The number of carbonyl (C=O) groups excluding carboxylic acids is 1. The molecule has 24 heavy (non-hydrogen) atoms. The Morgan fingerprint density at radius 2 is 2.00 bits per heavy atom. The maximum absolute atomic E-state index is 12.4. The van der Waals surface area contributed by atoms with E-state index in [1.807, 2.05) is 24.3 Å². The Hall–Kier alpha value is -2.47. The Morgan fingerprint density at radius 3 is 2.71 bits per heavy atom. The number of urea groups is 1. The van der Waals surface area contributed by atoms with Crippen LogP contribution >= 0.6 is 0 Å². The van der Waals surface area contributed by atoms with Crippen molar-refractivity contribution in [3.63, 3.8) is 0 Å². The molecule has 0 saturated heterocycles. The first-order chi connectivity index (χ1) is 11.7. The highest BCUT2D eigenvalue weighted by Crippen LogP contribution is 2.38. The summed E-state index contributed by atoms with van der Waals surface area (Å²) in [6.45, 7) is -0.130. The van der Waals surface area contributed by atoms with Gasteiger partial charge in [-0.3, -0.25) is 0 Å². The van der Waals surface area contributed by atoms with Crippen LogP contribution in [0.15, 0.2) is 36.7 Å². The quantitative estimate of drug-likeness (QED) is 0.805. The van der Waals surface area contributed by atoms with E-state index in [1.165, 1.54) is 5.56 Å². The van der Waals surface area contributed by atoms with Crippen LogP contribution in [0.25, 0.3) is 0 Å². The first kappa shape index (κ1) is 15.1. The van der Waals surface area contributed by atoms with Crippen molar-refractivity contribution >= 4 is 11.7 Å². The minimum atomic E-state index is -0.727. The number of benzene rings is 1. The molecule has 0 radical (unpaired) electrons. The molecule has 2 aliphatic carbocycles. The summed E-state index contributed by atoms with van der Waals surface area (Å²) in [5.74, 6) is 1.33. The number of amides is 2. The lowest BCUT2D eigenvalue weighted by Gasteiger charge is -2.29. The molecule has 2 aliphatic rings. The summed E-state index contributed by atoms with van der Waals surface area (Å²) < 4.78 is 0. The molecular weight excluding hydrogens is 304 g/mol. The third-order valence-corrected chi connectivity index (χ3v) is 4.85. The van der Waals surface area contributed by atoms with Gasteiger partial charge in [0.2, 0.25) is 0 Å². The van der Waals surface area contributed by atoms with Gasteiger partial charge in [0.05, 0.1) is 30.2 Å².